The summed E-state index contributed by atoms with van der Waals surface area (Å²) in [5.41, 5.74) is 2.78. The van der Waals surface area contributed by atoms with E-state index in [0.717, 1.165) is 26.5 Å². The summed E-state index contributed by atoms with van der Waals surface area (Å²) in [5.74, 6) is 0. The molecule has 0 bridgehead atoms. The Morgan fingerprint density at radius 3 is 2.71 bits per heavy atom. The van der Waals surface area contributed by atoms with Gasteiger partial charge < -0.3 is 15.3 Å². The van der Waals surface area contributed by atoms with E-state index < -0.39 is 6.10 Å². The molecule has 1 aliphatic rings. The maximum atomic E-state index is 12.1. The summed E-state index contributed by atoms with van der Waals surface area (Å²) >= 11 is 1.66. The van der Waals surface area contributed by atoms with Crippen LogP contribution in [-0.4, -0.2) is 40.2 Å². The number of aromatic nitrogens is 1. The van der Waals surface area contributed by atoms with Crippen molar-refractivity contribution < 1.29 is 9.90 Å². The van der Waals surface area contributed by atoms with E-state index in [-0.39, 0.29) is 6.03 Å². The van der Waals surface area contributed by atoms with Crippen molar-refractivity contribution in [1.82, 2.24) is 9.88 Å². The molecule has 0 aliphatic carbocycles. The van der Waals surface area contributed by atoms with Gasteiger partial charge in [0.15, 0.2) is 0 Å². The first-order valence-corrected chi connectivity index (χ1v) is 8.71. The smallest absolute Gasteiger partial charge is 0.321 e. The van der Waals surface area contributed by atoms with Gasteiger partial charge in [-0.15, -0.1) is 11.3 Å². The van der Waals surface area contributed by atoms with Crippen LogP contribution in [0.5, 0.6) is 0 Å². The highest BCUT2D eigenvalue weighted by atomic mass is 32.1. The molecule has 3 aromatic rings. The van der Waals surface area contributed by atoms with Gasteiger partial charge in [0.2, 0.25) is 0 Å². The molecule has 2 N–H and O–H groups in total. The lowest BCUT2D eigenvalue weighted by molar-refractivity contribution is 0.176. The summed E-state index contributed by atoms with van der Waals surface area (Å²) in [6, 6.07) is 15.6. The Morgan fingerprint density at radius 1 is 1.21 bits per heavy atom. The number of carbonyl (C=O) groups excluding carboxylic acids is 1. The number of nitrogens with zero attached hydrogens (tertiary/aromatic N) is 2. The largest absolute Gasteiger partial charge is 0.391 e. The van der Waals surface area contributed by atoms with Crippen LogP contribution in [0.4, 0.5) is 10.5 Å². The number of thiazole rings is 1. The van der Waals surface area contributed by atoms with Crippen LogP contribution in [0.2, 0.25) is 0 Å². The molecule has 122 valence electrons. The number of amides is 2. The number of fused-ring (bicyclic) bond motifs is 1. The van der Waals surface area contributed by atoms with E-state index in [4.69, 9.17) is 0 Å². The van der Waals surface area contributed by atoms with E-state index >= 15 is 0 Å². The number of hydrogen-bond donors (Lipinski definition) is 2. The molecule has 0 radical (unpaired) electrons. The van der Waals surface area contributed by atoms with Crippen LogP contribution in [0, 0.1) is 0 Å². The highest BCUT2D eigenvalue weighted by Gasteiger charge is 2.24. The molecule has 1 fully saturated rings. The second-order valence-electron chi connectivity index (χ2n) is 5.88. The number of para-hydroxylation sites is 1. The van der Waals surface area contributed by atoms with Crippen molar-refractivity contribution in [3.8, 4) is 10.6 Å². The van der Waals surface area contributed by atoms with Crippen molar-refractivity contribution in [3.63, 3.8) is 0 Å². The Morgan fingerprint density at radius 2 is 2.00 bits per heavy atom. The molecule has 4 rings (SSSR count). The summed E-state index contributed by atoms with van der Waals surface area (Å²) in [6.45, 7) is 0.992. The average Bonchev–Trinajstić information content (AvgIpc) is 3.21. The maximum absolute atomic E-state index is 12.1. The molecular formula is C18H17N3O2S. The molecule has 2 amide bonds. The minimum absolute atomic E-state index is 0.167. The van der Waals surface area contributed by atoms with Crippen molar-refractivity contribution in [3.05, 3.63) is 48.5 Å². The number of aliphatic hydroxyl groups is 1. The molecular weight excluding hydrogens is 322 g/mol. The molecule has 1 aromatic heterocycles. The summed E-state index contributed by atoms with van der Waals surface area (Å²) in [5, 5.41) is 13.3. The molecule has 2 heterocycles. The van der Waals surface area contributed by atoms with Crippen LogP contribution >= 0.6 is 11.3 Å². The third-order valence-corrected chi connectivity index (χ3v) is 5.21. The number of rotatable bonds is 2. The van der Waals surface area contributed by atoms with E-state index in [9.17, 15) is 9.90 Å². The van der Waals surface area contributed by atoms with Crippen molar-refractivity contribution in [2.24, 2.45) is 0 Å². The van der Waals surface area contributed by atoms with E-state index in [1.54, 1.807) is 16.2 Å². The van der Waals surface area contributed by atoms with Crippen LogP contribution in [-0.2, 0) is 0 Å². The molecule has 0 spiro atoms. The van der Waals surface area contributed by atoms with Gasteiger partial charge in [0.1, 0.15) is 5.01 Å². The van der Waals surface area contributed by atoms with E-state index in [1.165, 1.54) is 0 Å². The zero-order valence-corrected chi connectivity index (χ0v) is 13.8. The van der Waals surface area contributed by atoms with Gasteiger partial charge in [-0.3, -0.25) is 0 Å². The Balaban J connectivity index is 1.49. The summed E-state index contributed by atoms with van der Waals surface area (Å²) in [4.78, 5) is 18.4. The number of hydrogen-bond acceptors (Lipinski definition) is 4. The second kappa shape index (κ2) is 6.22. The van der Waals surface area contributed by atoms with Gasteiger partial charge in [0, 0.05) is 24.3 Å². The average molecular weight is 339 g/mol. The van der Waals surface area contributed by atoms with Crippen LogP contribution in [0.25, 0.3) is 20.8 Å². The third-order valence-electron chi connectivity index (χ3n) is 4.13. The highest BCUT2D eigenvalue weighted by molar-refractivity contribution is 7.21. The first-order chi connectivity index (χ1) is 11.7. The quantitative estimate of drug-likeness (QED) is 0.750. The van der Waals surface area contributed by atoms with Crippen LogP contribution in [0.3, 0.4) is 0 Å². The van der Waals surface area contributed by atoms with E-state index in [1.807, 2.05) is 42.5 Å². The van der Waals surface area contributed by atoms with Crippen LogP contribution < -0.4 is 5.32 Å². The SMILES string of the molecule is O=C(Nc1ccc(-c2nc3ccccc3s2)cc1)N1CC[C@H](O)C1. The van der Waals surface area contributed by atoms with E-state index in [2.05, 4.69) is 16.4 Å². The number of urea groups is 1. The highest BCUT2D eigenvalue weighted by Crippen LogP contribution is 2.30. The fourth-order valence-electron chi connectivity index (χ4n) is 2.82. The molecule has 0 saturated carbocycles. The summed E-state index contributed by atoms with van der Waals surface area (Å²) < 4.78 is 1.16. The topological polar surface area (TPSA) is 65.5 Å². The first-order valence-electron chi connectivity index (χ1n) is 7.89. The van der Waals surface area contributed by atoms with Crippen molar-refractivity contribution >= 4 is 33.3 Å². The zero-order valence-electron chi connectivity index (χ0n) is 13.0. The van der Waals surface area contributed by atoms with Crippen LogP contribution in [0.1, 0.15) is 6.42 Å². The molecule has 1 atom stereocenters. The fourth-order valence-corrected chi connectivity index (χ4v) is 3.79. The molecule has 0 unspecified atom stereocenters. The fraction of sp³-hybridized carbons (Fsp3) is 0.222. The third kappa shape index (κ3) is 2.98. The Bertz CT molecular complexity index is 842. The number of benzene rings is 2. The number of β-amino-alcohol motifs (C(OH)–C–C–N with tert-alkyl or cyclic N) is 1. The zero-order chi connectivity index (χ0) is 16.5. The normalized spacial score (nSPS) is 17.4. The van der Waals surface area contributed by atoms with Gasteiger partial charge >= 0.3 is 6.03 Å². The van der Waals surface area contributed by atoms with Gasteiger partial charge in [-0.2, -0.15) is 0 Å². The summed E-state index contributed by atoms with van der Waals surface area (Å²) in [7, 11) is 0. The number of anilines is 1. The predicted molar refractivity (Wildman–Crippen MR) is 96.3 cm³/mol. The molecule has 1 saturated heterocycles. The Labute approximate surface area is 143 Å². The van der Waals surface area contributed by atoms with Gasteiger partial charge in [0.05, 0.1) is 16.3 Å². The Hall–Kier alpha value is -2.44. The van der Waals surface area contributed by atoms with Gasteiger partial charge in [-0.1, -0.05) is 12.1 Å². The Kier molecular flexibility index (Phi) is 3.92. The maximum Gasteiger partial charge on any atom is 0.321 e. The molecule has 2 aromatic carbocycles. The molecule has 5 nitrogen and oxygen atoms in total. The van der Waals surface area contributed by atoms with Crippen molar-refractivity contribution in [2.75, 3.05) is 18.4 Å². The number of likely N-dealkylation sites (tertiary alicyclic amines) is 1. The lowest BCUT2D eigenvalue weighted by Gasteiger charge is -2.16. The number of carbonyl (C=O) groups is 1. The van der Waals surface area contributed by atoms with E-state index in [0.29, 0.717) is 19.5 Å². The predicted octanol–water partition coefficient (Wildman–Crippen LogP) is 3.56. The minimum atomic E-state index is -0.405. The lowest BCUT2D eigenvalue weighted by atomic mass is 10.2. The van der Waals surface area contributed by atoms with Gasteiger partial charge in [-0.25, -0.2) is 9.78 Å². The number of nitrogens with one attached hydrogen (secondary N) is 1. The lowest BCUT2D eigenvalue weighted by Crippen LogP contribution is -2.33. The van der Waals surface area contributed by atoms with Crippen LogP contribution in [0.15, 0.2) is 48.5 Å². The first kappa shape index (κ1) is 15.1. The molecule has 1 aliphatic heterocycles. The van der Waals surface area contributed by atoms with Gasteiger partial charge in [-0.05, 0) is 42.8 Å². The van der Waals surface area contributed by atoms with Crippen molar-refractivity contribution in [2.45, 2.75) is 12.5 Å². The second-order valence-corrected chi connectivity index (χ2v) is 6.91. The summed E-state index contributed by atoms with van der Waals surface area (Å²) in [6.07, 6.45) is 0.237. The molecule has 24 heavy (non-hydrogen) atoms. The number of aliphatic hydroxyl groups excluding tert-OH is 1. The standard InChI is InChI=1S/C18H17N3O2S/c22-14-9-10-21(11-14)18(23)19-13-7-5-12(6-8-13)17-20-15-3-1-2-4-16(15)24-17/h1-8,14,22H,9-11H2,(H,19,23)/t14-/m0/s1. The monoisotopic (exact) mass is 339 g/mol. The molecule has 6 heteroatoms. The van der Waals surface area contributed by atoms with Gasteiger partial charge in [0.25, 0.3) is 0 Å². The minimum Gasteiger partial charge on any atom is -0.391 e. The van der Waals surface area contributed by atoms with Crippen molar-refractivity contribution in [1.29, 1.82) is 0 Å².